The third-order valence-electron chi connectivity index (χ3n) is 3.16. The van der Waals surface area contributed by atoms with Crippen molar-refractivity contribution < 1.29 is 18.7 Å². The highest BCUT2D eigenvalue weighted by atomic mass is 79.9. The molecule has 1 atom stereocenters. The molecule has 0 unspecified atom stereocenters. The third-order valence-corrected chi connectivity index (χ3v) is 3.85. The van der Waals surface area contributed by atoms with E-state index in [1.807, 2.05) is 37.3 Å². The van der Waals surface area contributed by atoms with E-state index in [0.29, 0.717) is 4.47 Å². The number of rotatable bonds is 5. The number of benzene rings is 2. The van der Waals surface area contributed by atoms with Gasteiger partial charge in [-0.15, -0.1) is 0 Å². The molecule has 0 aliphatic rings. The molecule has 120 valence electrons. The Balaban J connectivity index is 1.89. The van der Waals surface area contributed by atoms with Crippen LogP contribution in [0.15, 0.2) is 53.0 Å². The number of nitrogens with one attached hydrogen (secondary N) is 1. The van der Waals surface area contributed by atoms with Crippen molar-refractivity contribution in [1.82, 2.24) is 5.32 Å². The lowest BCUT2D eigenvalue weighted by atomic mass is 10.1. The smallest absolute Gasteiger partial charge is 0.339 e. The van der Waals surface area contributed by atoms with Crippen LogP contribution >= 0.6 is 15.9 Å². The Kier molecular flexibility index (Phi) is 5.87. The maximum Gasteiger partial charge on any atom is 0.339 e. The lowest BCUT2D eigenvalue weighted by Gasteiger charge is -2.14. The summed E-state index contributed by atoms with van der Waals surface area (Å²) < 4.78 is 18.5. The normalized spacial score (nSPS) is 11.6. The van der Waals surface area contributed by atoms with Crippen molar-refractivity contribution in [3.63, 3.8) is 0 Å². The Bertz CT molecular complexity index is 706. The van der Waals surface area contributed by atoms with E-state index < -0.39 is 24.3 Å². The number of ether oxygens (including phenoxy) is 1. The SMILES string of the molecule is C[C@@H](NC(=O)COC(=O)c1cc(F)ccc1Br)c1ccccc1. The monoisotopic (exact) mass is 379 g/mol. The highest BCUT2D eigenvalue weighted by Crippen LogP contribution is 2.18. The van der Waals surface area contributed by atoms with Crippen LogP contribution < -0.4 is 5.32 Å². The van der Waals surface area contributed by atoms with E-state index in [4.69, 9.17) is 4.74 Å². The fourth-order valence-corrected chi connectivity index (χ4v) is 2.38. The molecule has 0 aliphatic carbocycles. The first-order valence-electron chi connectivity index (χ1n) is 6.94. The van der Waals surface area contributed by atoms with E-state index in [1.165, 1.54) is 12.1 Å². The van der Waals surface area contributed by atoms with Crippen molar-refractivity contribution in [2.75, 3.05) is 6.61 Å². The zero-order valence-electron chi connectivity index (χ0n) is 12.4. The second kappa shape index (κ2) is 7.87. The highest BCUT2D eigenvalue weighted by Gasteiger charge is 2.15. The van der Waals surface area contributed by atoms with E-state index >= 15 is 0 Å². The van der Waals surface area contributed by atoms with Gasteiger partial charge in [-0.25, -0.2) is 9.18 Å². The Morgan fingerprint density at radius 2 is 1.91 bits per heavy atom. The first kappa shape index (κ1) is 17.1. The van der Waals surface area contributed by atoms with Crippen molar-refractivity contribution in [3.05, 3.63) is 69.9 Å². The molecular weight excluding hydrogens is 365 g/mol. The second-order valence-corrected chi connectivity index (χ2v) is 5.75. The number of carbonyl (C=O) groups excluding carboxylic acids is 2. The predicted molar refractivity (Wildman–Crippen MR) is 87.4 cm³/mol. The summed E-state index contributed by atoms with van der Waals surface area (Å²) in [5.41, 5.74) is 0.981. The molecule has 0 bridgehead atoms. The lowest BCUT2D eigenvalue weighted by molar-refractivity contribution is -0.124. The molecule has 1 N–H and O–H groups in total. The molecule has 0 saturated carbocycles. The summed E-state index contributed by atoms with van der Waals surface area (Å²) in [6, 6.07) is 12.9. The van der Waals surface area contributed by atoms with Gasteiger partial charge in [0.1, 0.15) is 5.82 Å². The molecule has 23 heavy (non-hydrogen) atoms. The molecular formula is C17H15BrFNO3. The fraction of sp³-hybridized carbons (Fsp3) is 0.176. The second-order valence-electron chi connectivity index (χ2n) is 4.90. The molecule has 4 nitrogen and oxygen atoms in total. The van der Waals surface area contributed by atoms with Crippen molar-refractivity contribution in [2.24, 2.45) is 0 Å². The van der Waals surface area contributed by atoms with Crippen LogP contribution in [-0.4, -0.2) is 18.5 Å². The quantitative estimate of drug-likeness (QED) is 0.807. The topological polar surface area (TPSA) is 55.4 Å². The zero-order chi connectivity index (χ0) is 16.8. The summed E-state index contributed by atoms with van der Waals surface area (Å²) in [7, 11) is 0. The van der Waals surface area contributed by atoms with Gasteiger partial charge in [-0.3, -0.25) is 4.79 Å². The van der Waals surface area contributed by atoms with Crippen LogP contribution in [0, 0.1) is 5.82 Å². The van der Waals surface area contributed by atoms with Gasteiger partial charge in [0.25, 0.3) is 5.91 Å². The molecule has 0 fully saturated rings. The maximum absolute atomic E-state index is 13.2. The van der Waals surface area contributed by atoms with Gasteiger partial charge in [-0.2, -0.15) is 0 Å². The molecule has 0 aromatic heterocycles. The molecule has 2 rings (SSSR count). The number of carbonyl (C=O) groups is 2. The number of halogens is 2. The summed E-state index contributed by atoms with van der Waals surface area (Å²) >= 11 is 3.14. The van der Waals surface area contributed by atoms with Gasteiger partial charge in [0.2, 0.25) is 0 Å². The van der Waals surface area contributed by atoms with Crippen LogP contribution in [0.1, 0.15) is 28.9 Å². The minimum absolute atomic E-state index is 0.0360. The lowest BCUT2D eigenvalue weighted by Crippen LogP contribution is -2.31. The van der Waals surface area contributed by atoms with Crippen LogP contribution in [0.2, 0.25) is 0 Å². The van der Waals surface area contributed by atoms with Gasteiger partial charge in [0.15, 0.2) is 6.61 Å². The molecule has 1 amide bonds. The van der Waals surface area contributed by atoms with E-state index in [-0.39, 0.29) is 11.6 Å². The van der Waals surface area contributed by atoms with E-state index in [9.17, 15) is 14.0 Å². The van der Waals surface area contributed by atoms with E-state index in [0.717, 1.165) is 11.6 Å². The van der Waals surface area contributed by atoms with Crippen molar-refractivity contribution in [3.8, 4) is 0 Å². The molecule has 0 radical (unpaired) electrons. The largest absolute Gasteiger partial charge is 0.452 e. The number of amides is 1. The molecule has 2 aromatic rings. The molecule has 6 heteroatoms. The van der Waals surface area contributed by atoms with Crippen molar-refractivity contribution in [1.29, 1.82) is 0 Å². The maximum atomic E-state index is 13.2. The zero-order valence-corrected chi connectivity index (χ0v) is 14.0. The summed E-state index contributed by atoms with van der Waals surface area (Å²) in [4.78, 5) is 23.7. The predicted octanol–water partition coefficient (Wildman–Crippen LogP) is 3.62. The summed E-state index contributed by atoms with van der Waals surface area (Å²) in [6.07, 6.45) is 0. The minimum Gasteiger partial charge on any atom is -0.452 e. The molecule has 2 aromatic carbocycles. The fourth-order valence-electron chi connectivity index (χ4n) is 1.97. The Morgan fingerprint density at radius 3 is 2.61 bits per heavy atom. The molecule has 0 heterocycles. The Labute approximate surface area is 141 Å². The molecule has 0 aliphatic heterocycles. The minimum atomic E-state index is -0.765. The Hall–Kier alpha value is -2.21. The van der Waals surface area contributed by atoms with Gasteiger partial charge in [0.05, 0.1) is 11.6 Å². The van der Waals surface area contributed by atoms with Crippen LogP contribution in [0.5, 0.6) is 0 Å². The average Bonchev–Trinajstić information content (AvgIpc) is 2.55. The van der Waals surface area contributed by atoms with E-state index in [2.05, 4.69) is 21.2 Å². The molecule has 0 saturated heterocycles. The number of hydrogen-bond donors (Lipinski definition) is 1. The van der Waals surface area contributed by atoms with Gasteiger partial charge in [-0.05, 0) is 46.6 Å². The van der Waals surface area contributed by atoms with Gasteiger partial charge < -0.3 is 10.1 Å². The van der Waals surface area contributed by atoms with Crippen LogP contribution in [-0.2, 0) is 9.53 Å². The highest BCUT2D eigenvalue weighted by molar-refractivity contribution is 9.10. The summed E-state index contributed by atoms with van der Waals surface area (Å²) in [5.74, 6) is -1.75. The average molecular weight is 380 g/mol. The van der Waals surface area contributed by atoms with Crippen molar-refractivity contribution >= 4 is 27.8 Å². The van der Waals surface area contributed by atoms with Crippen molar-refractivity contribution in [2.45, 2.75) is 13.0 Å². The van der Waals surface area contributed by atoms with E-state index in [1.54, 1.807) is 0 Å². The first-order valence-corrected chi connectivity index (χ1v) is 7.73. The number of esters is 1. The van der Waals surface area contributed by atoms with Crippen LogP contribution in [0.4, 0.5) is 4.39 Å². The summed E-state index contributed by atoms with van der Waals surface area (Å²) in [6.45, 7) is 1.40. The first-order chi connectivity index (χ1) is 11.0. The molecule has 0 spiro atoms. The summed E-state index contributed by atoms with van der Waals surface area (Å²) in [5, 5.41) is 2.73. The standard InChI is InChI=1S/C17H15BrFNO3/c1-11(12-5-3-2-4-6-12)20-16(21)10-23-17(22)14-9-13(19)7-8-15(14)18/h2-9,11H,10H2,1H3,(H,20,21)/t11-/m1/s1. The van der Waals surface area contributed by atoms with Gasteiger partial charge >= 0.3 is 5.97 Å². The van der Waals surface area contributed by atoms with Gasteiger partial charge in [0, 0.05) is 4.47 Å². The van der Waals surface area contributed by atoms with Crippen LogP contribution in [0.25, 0.3) is 0 Å². The van der Waals surface area contributed by atoms with Gasteiger partial charge in [-0.1, -0.05) is 30.3 Å². The Morgan fingerprint density at radius 1 is 1.22 bits per heavy atom. The number of hydrogen-bond acceptors (Lipinski definition) is 3. The third kappa shape index (κ3) is 4.89. The van der Waals surface area contributed by atoms with Crippen LogP contribution in [0.3, 0.4) is 0 Å².